The third kappa shape index (κ3) is 3.48. The summed E-state index contributed by atoms with van der Waals surface area (Å²) in [6.07, 6.45) is -3.76. The maximum absolute atomic E-state index is 12.6. The standard InChI is InChI=1S/C16H18F3NO3/c1-14(2,9-20-12(21)15(7-8-15)13(22)23)10-3-5-11(6-4-10)16(17,18)19/h3-6H,7-9H2,1-2H3,(H,20,21)(H,22,23). The summed E-state index contributed by atoms with van der Waals surface area (Å²) >= 11 is 0. The van der Waals surface area contributed by atoms with E-state index in [1.54, 1.807) is 13.8 Å². The lowest BCUT2D eigenvalue weighted by atomic mass is 9.84. The number of carbonyl (C=O) groups is 2. The fraction of sp³-hybridized carbons (Fsp3) is 0.500. The highest BCUT2D eigenvalue weighted by Gasteiger charge is 2.57. The van der Waals surface area contributed by atoms with E-state index in [-0.39, 0.29) is 6.54 Å². The first-order chi connectivity index (χ1) is 10.5. The van der Waals surface area contributed by atoms with Crippen molar-refractivity contribution in [3.05, 3.63) is 35.4 Å². The van der Waals surface area contributed by atoms with E-state index in [0.717, 1.165) is 12.1 Å². The second kappa shape index (κ2) is 5.54. The fourth-order valence-corrected chi connectivity index (χ4v) is 2.35. The lowest BCUT2D eigenvalue weighted by Gasteiger charge is -2.27. The summed E-state index contributed by atoms with van der Waals surface area (Å²) in [6, 6.07) is 4.75. The van der Waals surface area contributed by atoms with Crippen molar-refractivity contribution in [3.63, 3.8) is 0 Å². The van der Waals surface area contributed by atoms with E-state index >= 15 is 0 Å². The van der Waals surface area contributed by atoms with Gasteiger partial charge in [0.15, 0.2) is 0 Å². The summed E-state index contributed by atoms with van der Waals surface area (Å²) in [5, 5.41) is 11.7. The molecule has 0 atom stereocenters. The van der Waals surface area contributed by atoms with Crippen LogP contribution in [0.3, 0.4) is 0 Å². The molecule has 0 saturated heterocycles. The molecular formula is C16H18F3NO3. The molecule has 4 nitrogen and oxygen atoms in total. The predicted molar refractivity (Wildman–Crippen MR) is 76.8 cm³/mol. The summed E-state index contributed by atoms with van der Waals surface area (Å²) < 4.78 is 37.7. The molecule has 1 aliphatic carbocycles. The third-order valence-electron chi connectivity index (χ3n) is 4.28. The number of amides is 1. The lowest BCUT2D eigenvalue weighted by molar-refractivity contribution is -0.149. The van der Waals surface area contributed by atoms with Crippen molar-refractivity contribution in [3.8, 4) is 0 Å². The van der Waals surface area contributed by atoms with Crippen LogP contribution in [0.25, 0.3) is 0 Å². The highest BCUT2D eigenvalue weighted by atomic mass is 19.4. The molecule has 1 fully saturated rings. The van der Waals surface area contributed by atoms with Crippen LogP contribution in [-0.2, 0) is 21.2 Å². The Morgan fingerprint density at radius 2 is 1.61 bits per heavy atom. The van der Waals surface area contributed by atoms with Gasteiger partial charge in [0.25, 0.3) is 0 Å². The molecule has 23 heavy (non-hydrogen) atoms. The Morgan fingerprint density at radius 3 is 2.00 bits per heavy atom. The van der Waals surface area contributed by atoms with E-state index in [2.05, 4.69) is 5.32 Å². The molecule has 1 aliphatic rings. The van der Waals surface area contributed by atoms with Gasteiger partial charge in [-0.05, 0) is 30.5 Å². The van der Waals surface area contributed by atoms with Gasteiger partial charge in [0.05, 0.1) is 5.56 Å². The van der Waals surface area contributed by atoms with Crippen molar-refractivity contribution in [1.82, 2.24) is 5.32 Å². The third-order valence-corrected chi connectivity index (χ3v) is 4.28. The molecule has 1 amide bonds. The Morgan fingerprint density at radius 1 is 1.13 bits per heavy atom. The van der Waals surface area contributed by atoms with Crippen molar-refractivity contribution in [2.45, 2.75) is 38.3 Å². The Bertz CT molecular complexity index is 616. The normalized spacial score (nSPS) is 16.7. The van der Waals surface area contributed by atoms with E-state index in [4.69, 9.17) is 5.11 Å². The number of benzene rings is 1. The molecule has 1 aromatic rings. The highest BCUT2D eigenvalue weighted by molar-refractivity contribution is 6.04. The summed E-state index contributed by atoms with van der Waals surface area (Å²) in [5.74, 6) is -1.67. The Hall–Kier alpha value is -2.05. The van der Waals surface area contributed by atoms with Crippen LogP contribution < -0.4 is 5.32 Å². The molecule has 2 rings (SSSR count). The first-order valence-corrected chi connectivity index (χ1v) is 7.18. The average Bonchev–Trinajstić information content (AvgIpc) is 3.26. The molecule has 0 unspecified atom stereocenters. The van der Waals surface area contributed by atoms with Crippen LogP contribution in [-0.4, -0.2) is 23.5 Å². The first kappa shape index (κ1) is 17.3. The van der Waals surface area contributed by atoms with E-state index in [0.29, 0.717) is 18.4 Å². The van der Waals surface area contributed by atoms with E-state index < -0.39 is 34.4 Å². The van der Waals surface area contributed by atoms with Crippen LogP contribution in [0.5, 0.6) is 0 Å². The molecule has 0 aliphatic heterocycles. The van der Waals surface area contributed by atoms with Crippen molar-refractivity contribution in [2.75, 3.05) is 6.54 Å². The number of halogens is 3. The summed E-state index contributed by atoms with van der Waals surface area (Å²) in [7, 11) is 0. The first-order valence-electron chi connectivity index (χ1n) is 7.18. The lowest BCUT2D eigenvalue weighted by Crippen LogP contribution is -2.42. The molecule has 7 heteroatoms. The van der Waals surface area contributed by atoms with Crippen molar-refractivity contribution >= 4 is 11.9 Å². The molecule has 126 valence electrons. The van der Waals surface area contributed by atoms with Crippen LogP contribution in [0, 0.1) is 5.41 Å². The number of carbonyl (C=O) groups excluding carboxylic acids is 1. The smallest absolute Gasteiger partial charge is 0.416 e. The minimum absolute atomic E-state index is 0.145. The molecule has 0 aromatic heterocycles. The van der Waals surface area contributed by atoms with E-state index in [9.17, 15) is 22.8 Å². The highest BCUT2D eigenvalue weighted by Crippen LogP contribution is 2.46. The number of nitrogens with one attached hydrogen (secondary N) is 1. The van der Waals surface area contributed by atoms with Crippen LogP contribution in [0.15, 0.2) is 24.3 Å². The van der Waals surface area contributed by atoms with Crippen LogP contribution in [0.1, 0.15) is 37.8 Å². The second-order valence-corrected chi connectivity index (χ2v) is 6.53. The molecule has 1 aromatic carbocycles. The molecule has 1 saturated carbocycles. The van der Waals surface area contributed by atoms with Gasteiger partial charge in [-0.3, -0.25) is 9.59 Å². The van der Waals surface area contributed by atoms with E-state index in [1.807, 2.05) is 0 Å². The number of hydrogen-bond donors (Lipinski definition) is 2. The van der Waals surface area contributed by atoms with Gasteiger partial charge in [-0.1, -0.05) is 26.0 Å². The van der Waals surface area contributed by atoms with Gasteiger partial charge in [0.1, 0.15) is 5.41 Å². The fourth-order valence-electron chi connectivity index (χ4n) is 2.35. The number of rotatable bonds is 5. The van der Waals surface area contributed by atoms with Crippen LogP contribution in [0.2, 0.25) is 0 Å². The predicted octanol–water partition coefficient (Wildman–Crippen LogP) is 2.96. The average molecular weight is 329 g/mol. The van der Waals surface area contributed by atoms with Gasteiger partial charge in [-0.15, -0.1) is 0 Å². The second-order valence-electron chi connectivity index (χ2n) is 6.53. The van der Waals surface area contributed by atoms with Gasteiger partial charge in [0, 0.05) is 12.0 Å². The number of aliphatic carboxylic acids is 1. The SMILES string of the molecule is CC(C)(CNC(=O)C1(C(=O)O)CC1)c1ccc(C(F)(F)F)cc1. The van der Waals surface area contributed by atoms with Gasteiger partial charge < -0.3 is 10.4 Å². The Kier molecular flexibility index (Phi) is 4.17. The number of hydrogen-bond acceptors (Lipinski definition) is 2. The molecule has 2 N–H and O–H groups in total. The van der Waals surface area contributed by atoms with Crippen molar-refractivity contribution < 1.29 is 27.9 Å². The number of alkyl halides is 3. The molecule has 0 heterocycles. The summed E-state index contributed by atoms with van der Waals surface area (Å²) in [4.78, 5) is 23.1. The Balaban J connectivity index is 2.04. The summed E-state index contributed by atoms with van der Waals surface area (Å²) in [6.45, 7) is 3.69. The van der Waals surface area contributed by atoms with Gasteiger partial charge in [0.2, 0.25) is 5.91 Å². The molecule has 0 radical (unpaired) electrons. The molecular weight excluding hydrogens is 311 g/mol. The zero-order valence-corrected chi connectivity index (χ0v) is 12.8. The number of carboxylic acids is 1. The largest absolute Gasteiger partial charge is 0.480 e. The van der Waals surface area contributed by atoms with Crippen LogP contribution >= 0.6 is 0 Å². The zero-order chi connectivity index (χ0) is 17.5. The number of carboxylic acid groups (broad SMARTS) is 1. The van der Waals surface area contributed by atoms with Gasteiger partial charge in [-0.2, -0.15) is 13.2 Å². The summed E-state index contributed by atoms with van der Waals surface area (Å²) in [5.41, 5.74) is -2.04. The maximum Gasteiger partial charge on any atom is 0.416 e. The topological polar surface area (TPSA) is 66.4 Å². The molecule has 0 bridgehead atoms. The minimum atomic E-state index is -4.39. The maximum atomic E-state index is 12.6. The monoisotopic (exact) mass is 329 g/mol. The minimum Gasteiger partial charge on any atom is -0.480 e. The Labute approximate surface area is 131 Å². The van der Waals surface area contributed by atoms with Crippen LogP contribution in [0.4, 0.5) is 13.2 Å². The van der Waals surface area contributed by atoms with Crippen molar-refractivity contribution in [1.29, 1.82) is 0 Å². The molecule has 0 spiro atoms. The van der Waals surface area contributed by atoms with Gasteiger partial charge >= 0.3 is 12.1 Å². The zero-order valence-electron chi connectivity index (χ0n) is 12.8. The van der Waals surface area contributed by atoms with Gasteiger partial charge in [-0.25, -0.2) is 0 Å². The van der Waals surface area contributed by atoms with Crippen molar-refractivity contribution in [2.24, 2.45) is 5.41 Å². The quantitative estimate of drug-likeness (QED) is 0.816. The van der Waals surface area contributed by atoms with E-state index in [1.165, 1.54) is 12.1 Å².